The van der Waals surface area contributed by atoms with E-state index in [0.29, 0.717) is 24.4 Å². The normalized spacial score (nSPS) is 14.7. The number of carbonyl (C=O) groups excluding carboxylic acids is 2. The number of likely N-dealkylation sites (tertiary alicyclic amines) is 1. The van der Waals surface area contributed by atoms with Crippen LogP contribution < -0.4 is 10.1 Å². The molecule has 3 aromatic rings. The molecule has 1 aliphatic heterocycles. The number of hydrogen-bond donors (Lipinski definition) is 1. The van der Waals surface area contributed by atoms with E-state index < -0.39 is 0 Å². The number of rotatable bonds is 6. The van der Waals surface area contributed by atoms with E-state index in [2.05, 4.69) is 22.9 Å². The number of nitrogens with one attached hydrogen (secondary N) is 1. The van der Waals surface area contributed by atoms with E-state index in [0.717, 1.165) is 48.7 Å². The van der Waals surface area contributed by atoms with Crippen molar-refractivity contribution in [3.63, 3.8) is 0 Å². The number of nitrogens with zero attached hydrogens (tertiary/aromatic N) is 2. The highest BCUT2D eigenvalue weighted by molar-refractivity contribution is 6.07. The molecule has 0 bridgehead atoms. The maximum atomic E-state index is 13.6. The van der Waals surface area contributed by atoms with E-state index >= 15 is 0 Å². The van der Waals surface area contributed by atoms with Gasteiger partial charge < -0.3 is 19.5 Å². The Morgan fingerprint density at radius 3 is 2.42 bits per heavy atom. The summed E-state index contributed by atoms with van der Waals surface area (Å²) in [6.45, 7) is 4.32. The van der Waals surface area contributed by atoms with Crippen LogP contribution in [0, 0.1) is 0 Å². The van der Waals surface area contributed by atoms with E-state index in [1.807, 2.05) is 41.4 Å². The van der Waals surface area contributed by atoms with Gasteiger partial charge in [-0.15, -0.1) is 0 Å². The lowest BCUT2D eigenvalue weighted by molar-refractivity contribution is -0.127. The first-order chi connectivity index (χ1) is 16.1. The fraction of sp³-hybridized carbons (Fsp3) is 0.333. The van der Waals surface area contributed by atoms with Crippen LogP contribution >= 0.6 is 0 Å². The molecule has 6 heteroatoms. The van der Waals surface area contributed by atoms with E-state index in [4.69, 9.17) is 4.74 Å². The molecule has 0 spiro atoms. The quantitative estimate of drug-likeness (QED) is 0.552. The van der Waals surface area contributed by atoms with Crippen molar-refractivity contribution in [1.29, 1.82) is 0 Å². The Bertz CT molecular complexity index is 1170. The van der Waals surface area contributed by atoms with Crippen molar-refractivity contribution in [3.05, 3.63) is 71.6 Å². The van der Waals surface area contributed by atoms with Gasteiger partial charge in [-0.05, 0) is 44.0 Å². The van der Waals surface area contributed by atoms with Crippen molar-refractivity contribution in [2.75, 3.05) is 20.2 Å². The largest absolute Gasteiger partial charge is 0.496 e. The third-order valence-electron chi connectivity index (χ3n) is 6.18. The Morgan fingerprint density at radius 1 is 1.00 bits per heavy atom. The van der Waals surface area contributed by atoms with Gasteiger partial charge in [0.2, 0.25) is 0 Å². The Balaban J connectivity index is 1.74. The standard InChI is InChI=1S/C27H31N3O3/c1-3-29-19-20(21-12-6-8-14-24(21)29)18-23(27(32)30-16-10-4-5-11-17-30)28-26(31)22-13-7-9-15-25(22)33-2/h6-9,12-15,18-19H,3-5,10-11,16-17H2,1-2H3,(H,28,31)/b23-18-. The molecule has 172 valence electrons. The number of ether oxygens (including phenoxy) is 1. The van der Waals surface area contributed by atoms with Crippen LogP contribution in [0.1, 0.15) is 48.5 Å². The SMILES string of the molecule is CCn1cc(/C=C(\NC(=O)c2ccccc2OC)C(=O)N2CCCCCC2)c2ccccc21. The molecular formula is C27H31N3O3. The van der Waals surface area contributed by atoms with Crippen LogP contribution in [0.2, 0.25) is 0 Å². The van der Waals surface area contributed by atoms with Gasteiger partial charge in [-0.2, -0.15) is 0 Å². The van der Waals surface area contributed by atoms with Crippen molar-refractivity contribution < 1.29 is 14.3 Å². The highest BCUT2D eigenvalue weighted by Crippen LogP contribution is 2.25. The molecule has 0 saturated carbocycles. The van der Waals surface area contributed by atoms with Crippen molar-refractivity contribution in [2.45, 2.75) is 39.2 Å². The van der Waals surface area contributed by atoms with Gasteiger partial charge in [0, 0.05) is 42.3 Å². The summed E-state index contributed by atoms with van der Waals surface area (Å²) in [5.74, 6) is -0.0336. The summed E-state index contributed by atoms with van der Waals surface area (Å²) in [6.07, 6.45) is 8.06. The number of carbonyl (C=O) groups is 2. The van der Waals surface area contributed by atoms with Crippen LogP contribution in [0.3, 0.4) is 0 Å². The van der Waals surface area contributed by atoms with Gasteiger partial charge in [0.05, 0.1) is 12.7 Å². The second kappa shape index (κ2) is 10.4. The highest BCUT2D eigenvalue weighted by atomic mass is 16.5. The summed E-state index contributed by atoms with van der Waals surface area (Å²) in [5, 5.41) is 3.96. The lowest BCUT2D eigenvalue weighted by Crippen LogP contribution is -2.39. The van der Waals surface area contributed by atoms with Crippen molar-refractivity contribution >= 4 is 28.8 Å². The minimum atomic E-state index is -0.360. The summed E-state index contributed by atoms with van der Waals surface area (Å²) in [7, 11) is 1.53. The molecule has 1 fully saturated rings. The van der Waals surface area contributed by atoms with Crippen LogP contribution in [-0.4, -0.2) is 41.5 Å². The number of methoxy groups -OCH3 is 1. The van der Waals surface area contributed by atoms with Crippen molar-refractivity contribution in [3.8, 4) is 5.75 Å². The number of hydrogen-bond acceptors (Lipinski definition) is 3. The zero-order valence-corrected chi connectivity index (χ0v) is 19.3. The molecule has 0 unspecified atom stereocenters. The number of aromatic nitrogens is 1. The average Bonchev–Trinajstić information content (AvgIpc) is 3.00. The lowest BCUT2D eigenvalue weighted by Gasteiger charge is -2.22. The lowest BCUT2D eigenvalue weighted by atomic mass is 10.1. The molecule has 1 aliphatic rings. The maximum absolute atomic E-state index is 13.6. The molecule has 2 amide bonds. The van der Waals surface area contributed by atoms with Gasteiger partial charge in [0.1, 0.15) is 11.4 Å². The maximum Gasteiger partial charge on any atom is 0.270 e. The molecule has 0 atom stereocenters. The second-order valence-electron chi connectivity index (χ2n) is 8.31. The van der Waals surface area contributed by atoms with Crippen LogP contribution in [0.5, 0.6) is 5.75 Å². The molecule has 1 N–H and O–H groups in total. The molecule has 33 heavy (non-hydrogen) atoms. The first kappa shape index (κ1) is 22.6. The van der Waals surface area contributed by atoms with Crippen LogP contribution in [0.15, 0.2) is 60.4 Å². The zero-order valence-electron chi connectivity index (χ0n) is 19.3. The number of aryl methyl sites for hydroxylation is 1. The zero-order chi connectivity index (χ0) is 23.2. The first-order valence-corrected chi connectivity index (χ1v) is 11.7. The second-order valence-corrected chi connectivity index (χ2v) is 8.31. The topological polar surface area (TPSA) is 63.6 Å². The number of benzene rings is 2. The van der Waals surface area contributed by atoms with E-state index in [1.54, 1.807) is 18.2 Å². The Labute approximate surface area is 194 Å². The predicted octanol–water partition coefficient (Wildman–Crippen LogP) is 4.84. The minimum absolute atomic E-state index is 0.145. The van der Waals surface area contributed by atoms with Crippen LogP contribution in [0.4, 0.5) is 0 Å². The minimum Gasteiger partial charge on any atom is -0.496 e. The fourth-order valence-corrected chi connectivity index (χ4v) is 4.42. The van der Waals surface area contributed by atoms with Gasteiger partial charge in [-0.1, -0.05) is 43.2 Å². The Kier molecular flexibility index (Phi) is 7.13. The summed E-state index contributed by atoms with van der Waals surface area (Å²) < 4.78 is 7.51. The van der Waals surface area contributed by atoms with Crippen LogP contribution in [0.25, 0.3) is 17.0 Å². The van der Waals surface area contributed by atoms with Crippen LogP contribution in [-0.2, 0) is 11.3 Å². The van der Waals surface area contributed by atoms with Gasteiger partial charge >= 0.3 is 0 Å². The summed E-state index contributed by atoms with van der Waals surface area (Å²) in [5.41, 5.74) is 2.69. The van der Waals surface area contributed by atoms with Gasteiger partial charge in [-0.25, -0.2) is 0 Å². The first-order valence-electron chi connectivity index (χ1n) is 11.7. The molecule has 1 aromatic heterocycles. The average molecular weight is 446 g/mol. The van der Waals surface area contributed by atoms with E-state index in [-0.39, 0.29) is 17.5 Å². The number of para-hydroxylation sites is 2. The predicted molar refractivity (Wildman–Crippen MR) is 131 cm³/mol. The molecule has 6 nitrogen and oxygen atoms in total. The monoisotopic (exact) mass is 445 g/mol. The fourth-order valence-electron chi connectivity index (χ4n) is 4.42. The smallest absolute Gasteiger partial charge is 0.270 e. The molecule has 0 radical (unpaired) electrons. The molecule has 1 saturated heterocycles. The van der Waals surface area contributed by atoms with Gasteiger partial charge in [0.25, 0.3) is 11.8 Å². The van der Waals surface area contributed by atoms with Crippen molar-refractivity contribution in [2.24, 2.45) is 0 Å². The van der Waals surface area contributed by atoms with Gasteiger partial charge in [0.15, 0.2) is 0 Å². The third kappa shape index (κ3) is 4.95. The third-order valence-corrected chi connectivity index (χ3v) is 6.18. The highest BCUT2D eigenvalue weighted by Gasteiger charge is 2.23. The van der Waals surface area contributed by atoms with E-state index in [9.17, 15) is 9.59 Å². The summed E-state index contributed by atoms with van der Waals surface area (Å²) in [6, 6.07) is 15.1. The summed E-state index contributed by atoms with van der Waals surface area (Å²) >= 11 is 0. The Hall–Kier alpha value is -3.54. The van der Waals surface area contributed by atoms with Gasteiger partial charge in [-0.3, -0.25) is 9.59 Å². The number of amides is 2. The van der Waals surface area contributed by atoms with E-state index in [1.165, 1.54) is 7.11 Å². The molecule has 0 aliphatic carbocycles. The van der Waals surface area contributed by atoms with Crippen molar-refractivity contribution in [1.82, 2.24) is 14.8 Å². The molecule has 2 aromatic carbocycles. The number of fused-ring (bicyclic) bond motifs is 1. The Morgan fingerprint density at radius 2 is 1.70 bits per heavy atom. The summed E-state index contributed by atoms with van der Waals surface area (Å²) in [4.78, 5) is 28.7. The molecule has 2 heterocycles. The molecular weight excluding hydrogens is 414 g/mol. The molecule has 4 rings (SSSR count).